The van der Waals surface area contributed by atoms with Gasteiger partial charge in [0.2, 0.25) is 0 Å². The fourth-order valence-corrected chi connectivity index (χ4v) is 3.33. The van der Waals surface area contributed by atoms with Crippen LogP contribution in [0, 0.1) is 0 Å². The minimum atomic E-state index is -6.48. The molecule has 0 saturated carbocycles. The summed E-state index contributed by atoms with van der Waals surface area (Å²) in [5.74, 6) is -21.4. The van der Waals surface area contributed by atoms with E-state index in [-0.39, 0.29) is 12.7 Å². The number of alkyl halides is 8. The smallest absolute Gasteiger partial charge is 0.381 e. The standard InChI is InChI=1S/C25H38F8O4/c1-2-3-4-5-6-7-8-9-10-11-12-13-14-15-18-36-20(34)16-17-21(35)37-19-23(28,29)25(32,33)24(30,31)22(26)27/h16-17,22H,2-15,18-19H2,1H3/b17-16+. The summed E-state index contributed by atoms with van der Waals surface area (Å²) in [5.41, 5.74) is 0. The molecule has 0 bridgehead atoms. The minimum Gasteiger partial charge on any atom is -0.463 e. The molecule has 0 aromatic heterocycles. The molecule has 0 atom stereocenters. The first-order valence-corrected chi connectivity index (χ1v) is 12.7. The molecule has 0 spiro atoms. The fourth-order valence-electron chi connectivity index (χ4n) is 3.33. The van der Waals surface area contributed by atoms with Crippen LogP contribution in [0.1, 0.15) is 96.8 Å². The number of esters is 2. The molecule has 0 aromatic rings. The molecule has 218 valence electrons. The van der Waals surface area contributed by atoms with Crippen molar-refractivity contribution in [1.29, 1.82) is 0 Å². The zero-order chi connectivity index (χ0) is 28.4. The Kier molecular flexibility index (Phi) is 17.5. The second kappa shape index (κ2) is 18.4. The van der Waals surface area contributed by atoms with Crippen molar-refractivity contribution in [1.82, 2.24) is 0 Å². The summed E-state index contributed by atoms with van der Waals surface area (Å²) in [7, 11) is 0. The van der Waals surface area contributed by atoms with Crippen LogP contribution in [0.15, 0.2) is 12.2 Å². The lowest BCUT2D eigenvalue weighted by Gasteiger charge is -2.31. The number of hydrogen-bond acceptors (Lipinski definition) is 4. The van der Waals surface area contributed by atoms with E-state index < -0.39 is 42.7 Å². The summed E-state index contributed by atoms with van der Waals surface area (Å²) in [5, 5.41) is 0. The van der Waals surface area contributed by atoms with E-state index in [1.807, 2.05) is 0 Å². The predicted octanol–water partition coefficient (Wildman–Crippen LogP) is 8.28. The van der Waals surface area contributed by atoms with E-state index in [1.165, 1.54) is 57.8 Å². The monoisotopic (exact) mass is 554 g/mol. The van der Waals surface area contributed by atoms with Gasteiger partial charge in [0, 0.05) is 12.2 Å². The molecule has 0 amide bonds. The number of rotatable bonds is 22. The molecule has 12 heteroatoms. The molecule has 0 saturated heterocycles. The van der Waals surface area contributed by atoms with Gasteiger partial charge in [0.15, 0.2) is 6.61 Å². The maximum absolute atomic E-state index is 13.3. The van der Waals surface area contributed by atoms with E-state index in [4.69, 9.17) is 4.74 Å². The molecule has 0 N–H and O–H groups in total. The van der Waals surface area contributed by atoms with Crippen LogP contribution in [-0.4, -0.2) is 49.3 Å². The number of carbonyl (C=O) groups is 2. The van der Waals surface area contributed by atoms with Gasteiger partial charge >= 0.3 is 36.1 Å². The van der Waals surface area contributed by atoms with Crippen LogP contribution in [0.3, 0.4) is 0 Å². The Labute approximate surface area is 213 Å². The Morgan fingerprint density at radius 2 is 1.03 bits per heavy atom. The van der Waals surface area contributed by atoms with E-state index in [2.05, 4.69) is 11.7 Å². The summed E-state index contributed by atoms with van der Waals surface area (Å²) in [6, 6.07) is 0. The quantitative estimate of drug-likeness (QED) is 0.0585. The van der Waals surface area contributed by atoms with Gasteiger partial charge < -0.3 is 9.47 Å². The summed E-state index contributed by atoms with van der Waals surface area (Å²) in [4.78, 5) is 22.8. The maximum atomic E-state index is 13.3. The molecule has 0 aliphatic carbocycles. The third-order valence-corrected chi connectivity index (χ3v) is 5.65. The normalized spacial score (nSPS) is 12.9. The third-order valence-electron chi connectivity index (χ3n) is 5.65. The number of unbranched alkanes of at least 4 members (excludes halogenated alkanes) is 13. The van der Waals surface area contributed by atoms with Crippen molar-refractivity contribution in [2.75, 3.05) is 13.2 Å². The molecular formula is C25H38F8O4. The molecular weight excluding hydrogens is 516 g/mol. The predicted molar refractivity (Wildman–Crippen MR) is 122 cm³/mol. The van der Waals surface area contributed by atoms with Gasteiger partial charge in [0.25, 0.3) is 0 Å². The van der Waals surface area contributed by atoms with Gasteiger partial charge in [-0.3, -0.25) is 0 Å². The summed E-state index contributed by atoms with van der Waals surface area (Å²) in [6.07, 6.45) is 11.6. The fraction of sp³-hybridized carbons (Fsp3) is 0.840. The van der Waals surface area contributed by atoms with Gasteiger partial charge in [-0.2, -0.15) is 26.3 Å². The van der Waals surface area contributed by atoms with E-state index >= 15 is 0 Å². The Balaban J connectivity index is 3.93. The highest BCUT2D eigenvalue weighted by atomic mass is 19.4. The molecule has 0 aliphatic rings. The SMILES string of the molecule is CCCCCCCCCCCCCCCCOC(=O)/C=C/C(=O)OCC(F)(F)C(F)(F)C(F)(F)C(F)F. The van der Waals surface area contributed by atoms with Crippen LogP contribution < -0.4 is 0 Å². The first-order valence-electron chi connectivity index (χ1n) is 12.7. The molecule has 4 nitrogen and oxygen atoms in total. The summed E-state index contributed by atoms with van der Waals surface area (Å²) in [6.45, 7) is -0.368. The van der Waals surface area contributed by atoms with E-state index in [0.717, 1.165) is 25.7 Å². The van der Waals surface area contributed by atoms with Crippen molar-refractivity contribution < 1.29 is 54.2 Å². The average molecular weight is 555 g/mol. The second-order valence-electron chi connectivity index (χ2n) is 8.91. The lowest BCUT2D eigenvalue weighted by Crippen LogP contribution is -2.59. The molecule has 0 aromatic carbocycles. The van der Waals surface area contributed by atoms with Crippen molar-refractivity contribution in [3.05, 3.63) is 12.2 Å². The van der Waals surface area contributed by atoms with E-state index in [9.17, 15) is 44.7 Å². The zero-order valence-corrected chi connectivity index (χ0v) is 21.2. The van der Waals surface area contributed by atoms with Crippen LogP contribution in [0.4, 0.5) is 35.1 Å². The molecule has 0 radical (unpaired) electrons. The third kappa shape index (κ3) is 14.0. The van der Waals surface area contributed by atoms with Gasteiger partial charge in [-0.05, 0) is 6.42 Å². The zero-order valence-electron chi connectivity index (χ0n) is 21.2. The summed E-state index contributed by atoms with van der Waals surface area (Å²) < 4.78 is 111. The number of halogens is 8. The van der Waals surface area contributed by atoms with Crippen molar-refractivity contribution in [2.24, 2.45) is 0 Å². The first-order chi connectivity index (χ1) is 17.3. The van der Waals surface area contributed by atoms with Gasteiger partial charge in [0.05, 0.1) is 6.61 Å². The molecule has 0 fully saturated rings. The van der Waals surface area contributed by atoms with Crippen LogP contribution in [0.5, 0.6) is 0 Å². The van der Waals surface area contributed by atoms with Crippen molar-refractivity contribution in [2.45, 2.75) is 121 Å². The van der Waals surface area contributed by atoms with Gasteiger partial charge in [-0.25, -0.2) is 18.4 Å². The van der Waals surface area contributed by atoms with Crippen molar-refractivity contribution in [3.63, 3.8) is 0 Å². The van der Waals surface area contributed by atoms with Crippen LogP contribution in [0.2, 0.25) is 0 Å². The topological polar surface area (TPSA) is 52.6 Å². The molecule has 0 rings (SSSR count). The second-order valence-corrected chi connectivity index (χ2v) is 8.91. The average Bonchev–Trinajstić information content (AvgIpc) is 2.83. The van der Waals surface area contributed by atoms with Crippen molar-refractivity contribution >= 4 is 11.9 Å². The van der Waals surface area contributed by atoms with E-state index in [1.54, 1.807) is 0 Å². The highest BCUT2D eigenvalue weighted by Gasteiger charge is 2.75. The highest BCUT2D eigenvalue weighted by Crippen LogP contribution is 2.48. The van der Waals surface area contributed by atoms with Gasteiger partial charge in [0.1, 0.15) is 0 Å². The number of hydrogen-bond donors (Lipinski definition) is 0. The van der Waals surface area contributed by atoms with E-state index in [0.29, 0.717) is 12.5 Å². The maximum Gasteiger partial charge on any atom is 0.381 e. The van der Waals surface area contributed by atoms with Crippen LogP contribution in [-0.2, 0) is 19.1 Å². The lowest BCUT2D eigenvalue weighted by atomic mass is 10.0. The first kappa shape index (κ1) is 35.1. The Hall–Kier alpha value is -1.88. The lowest BCUT2D eigenvalue weighted by molar-refractivity contribution is -0.344. The summed E-state index contributed by atoms with van der Waals surface area (Å²) >= 11 is 0. The molecule has 0 unspecified atom stereocenters. The molecule has 37 heavy (non-hydrogen) atoms. The number of carbonyl (C=O) groups excluding carboxylic acids is 2. The van der Waals surface area contributed by atoms with Gasteiger partial charge in [-0.15, -0.1) is 0 Å². The Morgan fingerprint density at radius 3 is 1.43 bits per heavy atom. The Morgan fingerprint density at radius 1 is 0.649 bits per heavy atom. The van der Waals surface area contributed by atoms with Crippen LogP contribution >= 0.6 is 0 Å². The minimum absolute atomic E-state index is 0.0310. The molecule has 0 heterocycles. The Bertz CT molecular complexity index is 669. The van der Waals surface area contributed by atoms with Gasteiger partial charge in [-0.1, -0.05) is 90.4 Å². The number of ether oxygens (including phenoxy) is 2. The molecule has 0 aliphatic heterocycles. The largest absolute Gasteiger partial charge is 0.463 e. The van der Waals surface area contributed by atoms with Crippen molar-refractivity contribution in [3.8, 4) is 0 Å². The highest BCUT2D eigenvalue weighted by molar-refractivity contribution is 5.91. The van der Waals surface area contributed by atoms with Crippen LogP contribution in [0.25, 0.3) is 0 Å².